The summed E-state index contributed by atoms with van der Waals surface area (Å²) in [6.07, 6.45) is 0.836. The molecule has 0 amide bonds. The molecule has 0 aliphatic heterocycles. The van der Waals surface area contributed by atoms with E-state index in [9.17, 15) is 0 Å². The van der Waals surface area contributed by atoms with E-state index in [1.54, 1.807) is 0 Å². The van der Waals surface area contributed by atoms with Crippen LogP contribution in [0.3, 0.4) is 0 Å². The minimum atomic E-state index is -0.150. The number of nitriles is 1. The van der Waals surface area contributed by atoms with Gasteiger partial charge in [-0.1, -0.05) is 31.5 Å². The largest absolute Gasteiger partial charge is 0.370 e. The molecule has 0 saturated carbocycles. The van der Waals surface area contributed by atoms with Gasteiger partial charge < -0.3 is 5.32 Å². The molecule has 0 bridgehead atoms. The first-order valence-corrected chi connectivity index (χ1v) is 5.41. The van der Waals surface area contributed by atoms with E-state index in [0.717, 1.165) is 12.1 Å². The van der Waals surface area contributed by atoms with Crippen molar-refractivity contribution in [1.29, 1.82) is 5.26 Å². The highest BCUT2D eigenvalue weighted by Crippen LogP contribution is 2.17. The molecule has 0 aliphatic carbocycles. The first kappa shape index (κ1) is 11.9. The summed E-state index contributed by atoms with van der Waals surface area (Å²) in [7, 11) is 0. The van der Waals surface area contributed by atoms with Crippen molar-refractivity contribution in [2.75, 3.05) is 5.32 Å². The Bertz CT molecular complexity index is 355. The number of hydrogen-bond donors (Lipinski definition) is 1. The zero-order chi connectivity index (χ0) is 11.3. The van der Waals surface area contributed by atoms with Gasteiger partial charge in [0.25, 0.3) is 0 Å². The third kappa shape index (κ3) is 4.22. The summed E-state index contributed by atoms with van der Waals surface area (Å²) in [5, 5.41) is 12.8. The van der Waals surface area contributed by atoms with Crippen molar-refractivity contribution in [2.45, 2.75) is 26.3 Å². The van der Waals surface area contributed by atoms with Crippen LogP contribution in [0.15, 0.2) is 24.3 Å². The first-order chi connectivity index (χ1) is 7.11. The Morgan fingerprint density at radius 3 is 2.73 bits per heavy atom. The lowest BCUT2D eigenvalue weighted by Gasteiger charge is -2.14. The van der Waals surface area contributed by atoms with E-state index in [1.165, 1.54) is 0 Å². The minimum absolute atomic E-state index is 0.150. The Kier molecular flexibility index (Phi) is 4.45. The van der Waals surface area contributed by atoms with E-state index in [0.29, 0.717) is 10.9 Å². The number of benzene rings is 1. The Labute approximate surface area is 95.9 Å². The molecule has 0 fully saturated rings. The fraction of sp³-hybridized carbons (Fsp3) is 0.417. The molecule has 0 aliphatic rings. The number of nitrogens with one attached hydrogen (secondary N) is 1. The van der Waals surface area contributed by atoms with Gasteiger partial charge in [-0.3, -0.25) is 0 Å². The van der Waals surface area contributed by atoms with E-state index >= 15 is 0 Å². The van der Waals surface area contributed by atoms with Crippen LogP contribution in [0.4, 0.5) is 5.69 Å². The molecular formula is C12H15ClN2. The van der Waals surface area contributed by atoms with Gasteiger partial charge in [-0.25, -0.2) is 0 Å². The maximum atomic E-state index is 8.96. The number of rotatable bonds is 4. The van der Waals surface area contributed by atoms with Crippen LogP contribution >= 0.6 is 11.6 Å². The third-order valence-corrected chi connectivity index (χ3v) is 2.26. The molecule has 80 valence electrons. The Morgan fingerprint density at radius 1 is 1.47 bits per heavy atom. The topological polar surface area (TPSA) is 35.8 Å². The summed E-state index contributed by atoms with van der Waals surface area (Å²) >= 11 is 5.85. The Morgan fingerprint density at radius 2 is 2.20 bits per heavy atom. The lowest BCUT2D eigenvalue weighted by atomic mass is 10.0. The number of anilines is 1. The highest BCUT2D eigenvalue weighted by molar-refractivity contribution is 6.30. The fourth-order valence-electron chi connectivity index (χ4n) is 1.39. The van der Waals surface area contributed by atoms with Crippen molar-refractivity contribution < 1.29 is 0 Å². The molecule has 0 saturated heterocycles. The molecule has 1 aromatic carbocycles. The molecule has 1 rings (SSSR count). The average Bonchev–Trinajstić information content (AvgIpc) is 2.16. The summed E-state index contributed by atoms with van der Waals surface area (Å²) < 4.78 is 0. The lowest BCUT2D eigenvalue weighted by molar-refractivity contribution is 0.568. The molecule has 3 heteroatoms. The van der Waals surface area contributed by atoms with Gasteiger partial charge in [0.05, 0.1) is 6.07 Å². The molecule has 0 spiro atoms. The molecule has 0 radical (unpaired) electrons. The van der Waals surface area contributed by atoms with Crippen molar-refractivity contribution >= 4 is 17.3 Å². The second-order valence-corrected chi connectivity index (χ2v) is 4.40. The monoisotopic (exact) mass is 222 g/mol. The molecule has 0 aromatic heterocycles. The first-order valence-electron chi connectivity index (χ1n) is 5.03. The summed E-state index contributed by atoms with van der Waals surface area (Å²) in [4.78, 5) is 0. The van der Waals surface area contributed by atoms with Crippen LogP contribution in [0.5, 0.6) is 0 Å². The van der Waals surface area contributed by atoms with E-state index in [1.807, 2.05) is 24.3 Å². The van der Waals surface area contributed by atoms with Crippen LogP contribution in [-0.4, -0.2) is 6.04 Å². The molecule has 15 heavy (non-hydrogen) atoms. The van der Waals surface area contributed by atoms with Crippen LogP contribution in [-0.2, 0) is 0 Å². The maximum Gasteiger partial charge on any atom is 0.114 e. The normalized spacial score (nSPS) is 12.2. The second kappa shape index (κ2) is 5.63. The molecular weight excluding hydrogens is 208 g/mol. The average molecular weight is 223 g/mol. The van der Waals surface area contributed by atoms with Crippen molar-refractivity contribution in [3.05, 3.63) is 29.3 Å². The number of nitrogens with zero attached hydrogens (tertiary/aromatic N) is 1. The fourth-order valence-corrected chi connectivity index (χ4v) is 1.59. The zero-order valence-corrected chi connectivity index (χ0v) is 9.75. The second-order valence-electron chi connectivity index (χ2n) is 3.97. The maximum absolute atomic E-state index is 8.96. The number of halogens is 1. The molecule has 1 N–H and O–H groups in total. The smallest absolute Gasteiger partial charge is 0.114 e. The highest BCUT2D eigenvalue weighted by atomic mass is 35.5. The van der Waals surface area contributed by atoms with Crippen LogP contribution in [0, 0.1) is 17.2 Å². The van der Waals surface area contributed by atoms with Crippen LogP contribution in [0.25, 0.3) is 0 Å². The van der Waals surface area contributed by atoms with Gasteiger partial charge in [0.15, 0.2) is 0 Å². The van der Waals surface area contributed by atoms with E-state index < -0.39 is 0 Å². The summed E-state index contributed by atoms with van der Waals surface area (Å²) in [5.41, 5.74) is 0.898. The van der Waals surface area contributed by atoms with E-state index in [-0.39, 0.29) is 6.04 Å². The minimum Gasteiger partial charge on any atom is -0.370 e. The van der Waals surface area contributed by atoms with Gasteiger partial charge in [-0.2, -0.15) is 5.26 Å². The predicted molar refractivity (Wildman–Crippen MR) is 63.9 cm³/mol. The van der Waals surface area contributed by atoms with Crippen molar-refractivity contribution in [2.24, 2.45) is 5.92 Å². The van der Waals surface area contributed by atoms with Gasteiger partial charge in [-0.15, -0.1) is 0 Å². The molecule has 2 nitrogen and oxygen atoms in total. The summed E-state index contributed by atoms with van der Waals surface area (Å²) in [5.74, 6) is 0.501. The van der Waals surface area contributed by atoms with Crippen molar-refractivity contribution in [3.63, 3.8) is 0 Å². The van der Waals surface area contributed by atoms with Crippen LogP contribution in [0.2, 0.25) is 5.02 Å². The summed E-state index contributed by atoms with van der Waals surface area (Å²) in [6.45, 7) is 4.20. The quantitative estimate of drug-likeness (QED) is 0.844. The van der Waals surface area contributed by atoms with Crippen LogP contribution < -0.4 is 5.32 Å². The Hall–Kier alpha value is -1.20. The van der Waals surface area contributed by atoms with Crippen LogP contribution in [0.1, 0.15) is 20.3 Å². The molecule has 1 aromatic rings. The third-order valence-electron chi connectivity index (χ3n) is 2.03. The SMILES string of the molecule is CC(C)CC(C#N)Nc1cccc(Cl)c1. The van der Waals surface area contributed by atoms with Gasteiger partial charge in [-0.05, 0) is 30.5 Å². The molecule has 1 atom stereocenters. The molecule has 0 heterocycles. The highest BCUT2D eigenvalue weighted by Gasteiger charge is 2.09. The van der Waals surface area contributed by atoms with Crippen molar-refractivity contribution in [1.82, 2.24) is 0 Å². The number of hydrogen-bond acceptors (Lipinski definition) is 2. The predicted octanol–water partition coefficient (Wildman–Crippen LogP) is 3.69. The zero-order valence-electron chi connectivity index (χ0n) is 9.00. The van der Waals surface area contributed by atoms with Gasteiger partial charge >= 0.3 is 0 Å². The standard InChI is InChI=1S/C12H15ClN2/c1-9(2)6-12(8-14)15-11-5-3-4-10(13)7-11/h3-5,7,9,12,15H,6H2,1-2H3. The van der Waals surface area contributed by atoms with Gasteiger partial charge in [0.2, 0.25) is 0 Å². The van der Waals surface area contributed by atoms with Gasteiger partial charge in [0, 0.05) is 10.7 Å². The lowest BCUT2D eigenvalue weighted by Crippen LogP contribution is -2.19. The van der Waals surface area contributed by atoms with E-state index in [2.05, 4.69) is 25.2 Å². The van der Waals surface area contributed by atoms with Crippen molar-refractivity contribution in [3.8, 4) is 6.07 Å². The van der Waals surface area contributed by atoms with Gasteiger partial charge in [0.1, 0.15) is 6.04 Å². The molecule has 1 unspecified atom stereocenters. The Balaban J connectivity index is 2.63. The van der Waals surface area contributed by atoms with E-state index in [4.69, 9.17) is 16.9 Å². The summed E-state index contributed by atoms with van der Waals surface area (Å²) in [6, 6.07) is 9.52.